The molecule has 1 aromatic carbocycles. The molecule has 6 nitrogen and oxygen atoms in total. The van der Waals surface area contributed by atoms with Gasteiger partial charge < -0.3 is 10.2 Å². The van der Waals surface area contributed by atoms with Gasteiger partial charge in [-0.1, -0.05) is 25.4 Å². The Hall–Kier alpha value is -1.96. The van der Waals surface area contributed by atoms with Crippen molar-refractivity contribution in [2.24, 2.45) is 17.8 Å². The van der Waals surface area contributed by atoms with Gasteiger partial charge in [-0.05, 0) is 55.4 Å². The number of halogens is 1. The van der Waals surface area contributed by atoms with Crippen LogP contribution in [0.2, 0.25) is 5.02 Å². The summed E-state index contributed by atoms with van der Waals surface area (Å²) in [5.41, 5.74) is 1.65. The van der Waals surface area contributed by atoms with Gasteiger partial charge in [0.15, 0.2) is 5.13 Å². The molecule has 2 saturated heterocycles. The minimum Gasteiger partial charge on any atom is -0.339 e. The van der Waals surface area contributed by atoms with Crippen LogP contribution in [-0.2, 0) is 11.3 Å². The van der Waals surface area contributed by atoms with Crippen molar-refractivity contribution in [1.82, 2.24) is 14.8 Å². The smallest absolute Gasteiger partial charge is 0.253 e. The zero-order valence-corrected chi connectivity index (χ0v) is 20.3. The summed E-state index contributed by atoms with van der Waals surface area (Å²) in [6.45, 7) is 8.83. The summed E-state index contributed by atoms with van der Waals surface area (Å²) >= 11 is 7.40. The zero-order valence-electron chi connectivity index (χ0n) is 18.7. The average Bonchev–Trinajstić information content (AvgIpc) is 3.19. The van der Waals surface area contributed by atoms with Crippen molar-refractivity contribution >= 4 is 39.9 Å². The van der Waals surface area contributed by atoms with Gasteiger partial charge in [0, 0.05) is 54.6 Å². The Morgan fingerprint density at radius 3 is 2.44 bits per heavy atom. The third-order valence-corrected chi connectivity index (χ3v) is 7.41. The van der Waals surface area contributed by atoms with Gasteiger partial charge in [0.1, 0.15) is 0 Å². The lowest BCUT2D eigenvalue weighted by Gasteiger charge is -2.34. The highest BCUT2D eigenvalue weighted by Gasteiger charge is 2.28. The number of benzene rings is 1. The van der Waals surface area contributed by atoms with Crippen LogP contribution >= 0.6 is 22.9 Å². The number of hydrogen-bond donors (Lipinski definition) is 1. The number of rotatable bonds is 5. The van der Waals surface area contributed by atoms with Crippen LogP contribution in [0.25, 0.3) is 0 Å². The molecule has 0 saturated carbocycles. The van der Waals surface area contributed by atoms with E-state index in [2.05, 4.69) is 29.0 Å². The monoisotopic (exact) mass is 474 g/mol. The number of nitrogens with zero attached hydrogens (tertiary/aromatic N) is 3. The van der Waals surface area contributed by atoms with Gasteiger partial charge in [0.05, 0.1) is 5.69 Å². The van der Waals surface area contributed by atoms with Crippen LogP contribution in [0.5, 0.6) is 0 Å². The van der Waals surface area contributed by atoms with E-state index in [1.165, 1.54) is 17.8 Å². The van der Waals surface area contributed by atoms with Crippen LogP contribution in [-0.4, -0.2) is 52.8 Å². The molecule has 8 heteroatoms. The third-order valence-electron chi connectivity index (χ3n) is 6.36. The van der Waals surface area contributed by atoms with Crippen LogP contribution in [0, 0.1) is 17.8 Å². The van der Waals surface area contributed by atoms with Crippen molar-refractivity contribution in [3.8, 4) is 0 Å². The molecular weight excluding hydrogens is 444 g/mol. The molecule has 0 bridgehead atoms. The topological polar surface area (TPSA) is 65.5 Å². The summed E-state index contributed by atoms with van der Waals surface area (Å²) in [7, 11) is 0. The first-order chi connectivity index (χ1) is 15.4. The maximum atomic E-state index is 12.8. The summed E-state index contributed by atoms with van der Waals surface area (Å²) < 4.78 is 0. The van der Waals surface area contributed by atoms with E-state index in [9.17, 15) is 9.59 Å². The van der Waals surface area contributed by atoms with Crippen molar-refractivity contribution in [3.05, 3.63) is 45.9 Å². The summed E-state index contributed by atoms with van der Waals surface area (Å²) in [5, 5.41) is 6.33. The highest BCUT2D eigenvalue weighted by atomic mass is 35.5. The lowest BCUT2D eigenvalue weighted by atomic mass is 9.92. The first-order valence-electron chi connectivity index (χ1n) is 11.4. The SMILES string of the molecule is C[C@H]1C[C@H](C)CN(Cc2csc(NC(=O)C3CCN(C(=O)c4ccc(Cl)cc4)CC3)n2)C1. The second-order valence-electron chi connectivity index (χ2n) is 9.35. The molecule has 172 valence electrons. The van der Waals surface area contributed by atoms with E-state index >= 15 is 0 Å². The fourth-order valence-corrected chi connectivity index (χ4v) is 5.74. The molecular formula is C24H31ClN4O2S. The fraction of sp³-hybridized carbons (Fsp3) is 0.542. The number of amides is 2. The molecule has 1 aromatic heterocycles. The molecule has 0 unspecified atom stereocenters. The van der Waals surface area contributed by atoms with Crippen molar-refractivity contribution in [1.29, 1.82) is 0 Å². The molecule has 2 amide bonds. The van der Waals surface area contributed by atoms with Crippen LogP contribution in [0.1, 0.15) is 49.2 Å². The molecule has 2 aromatic rings. The van der Waals surface area contributed by atoms with Crippen LogP contribution in [0.15, 0.2) is 29.6 Å². The van der Waals surface area contributed by atoms with Gasteiger partial charge in [0.25, 0.3) is 5.91 Å². The quantitative estimate of drug-likeness (QED) is 0.678. The second-order valence-corrected chi connectivity index (χ2v) is 10.6. The number of nitrogens with one attached hydrogen (secondary N) is 1. The third kappa shape index (κ3) is 5.88. The Morgan fingerprint density at radius 2 is 1.78 bits per heavy atom. The minimum absolute atomic E-state index is 0.00436. The number of thiazole rings is 1. The largest absolute Gasteiger partial charge is 0.339 e. The Kier molecular flexibility index (Phi) is 7.48. The van der Waals surface area contributed by atoms with Gasteiger partial charge >= 0.3 is 0 Å². The van der Waals surface area contributed by atoms with Crippen LogP contribution in [0.4, 0.5) is 5.13 Å². The summed E-state index contributed by atoms with van der Waals surface area (Å²) in [4.78, 5) is 34.3. The molecule has 2 fully saturated rings. The van der Waals surface area contributed by atoms with Crippen molar-refractivity contribution in [2.45, 2.75) is 39.7 Å². The maximum absolute atomic E-state index is 12.8. The first-order valence-corrected chi connectivity index (χ1v) is 12.7. The van der Waals surface area contributed by atoms with E-state index in [0.717, 1.165) is 25.3 Å². The minimum atomic E-state index is -0.0968. The lowest BCUT2D eigenvalue weighted by Crippen LogP contribution is -2.41. The van der Waals surface area contributed by atoms with E-state index in [4.69, 9.17) is 11.6 Å². The second kappa shape index (κ2) is 10.3. The Bertz CT molecular complexity index is 930. The van der Waals surface area contributed by atoms with Gasteiger partial charge in [-0.25, -0.2) is 4.98 Å². The first kappa shape index (κ1) is 23.2. The number of carbonyl (C=O) groups excluding carboxylic acids is 2. The summed E-state index contributed by atoms with van der Waals surface area (Å²) in [6, 6.07) is 6.94. The van der Waals surface area contributed by atoms with Crippen molar-refractivity contribution < 1.29 is 9.59 Å². The lowest BCUT2D eigenvalue weighted by molar-refractivity contribution is -0.121. The molecule has 32 heavy (non-hydrogen) atoms. The predicted molar refractivity (Wildman–Crippen MR) is 129 cm³/mol. The highest BCUT2D eigenvalue weighted by Crippen LogP contribution is 2.25. The molecule has 2 aliphatic rings. The number of hydrogen-bond acceptors (Lipinski definition) is 5. The Morgan fingerprint density at radius 1 is 1.12 bits per heavy atom. The van der Waals surface area contributed by atoms with E-state index in [0.29, 0.717) is 53.5 Å². The number of anilines is 1. The number of carbonyl (C=O) groups is 2. The molecule has 2 atom stereocenters. The zero-order chi connectivity index (χ0) is 22.7. The molecule has 0 aliphatic carbocycles. The molecule has 0 radical (unpaired) electrons. The summed E-state index contributed by atoms with van der Waals surface area (Å²) in [5.74, 6) is 1.33. The molecule has 0 spiro atoms. The fourth-order valence-electron chi connectivity index (χ4n) is 4.91. The van der Waals surface area contributed by atoms with E-state index in [1.807, 2.05) is 10.3 Å². The van der Waals surface area contributed by atoms with E-state index in [-0.39, 0.29) is 17.7 Å². The average molecular weight is 475 g/mol. The van der Waals surface area contributed by atoms with Crippen LogP contribution < -0.4 is 5.32 Å². The van der Waals surface area contributed by atoms with Gasteiger partial charge in [0.2, 0.25) is 5.91 Å². The molecule has 4 rings (SSSR count). The molecule has 1 N–H and O–H groups in total. The summed E-state index contributed by atoms with van der Waals surface area (Å²) in [6.07, 6.45) is 2.61. The highest BCUT2D eigenvalue weighted by molar-refractivity contribution is 7.13. The standard InChI is InChI=1S/C24H31ClN4O2S/c1-16-11-17(2)13-28(12-16)14-21-15-32-24(26-21)27-22(30)18-7-9-29(10-8-18)23(31)19-3-5-20(25)6-4-19/h3-6,15-18H,7-14H2,1-2H3,(H,26,27,30)/t16-,17-/m0/s1. The van der Waals surface area contributed by atoms with Gasteiger partial charge in [-0.2, -0.15) is 0 Å². The van der Waals surface area contributed by atoms with Crippen LogP contribution in [0.3, 0.4) is 0 Å². The number of likely N-dealkylation sites (tertiary alicyclic amines) is 2. The van der Waals surface area contributed by atoms with Gasteiger partial charge in [-0.3, -0.25) is 14.5 Å². The molecule has 2 aliphatic heterocycles. The molecule has 3 heterocycles. The van der Waals surface area contributed by atoms with Gasteiger partial charge in [-0.15, -0.1) is 11.3 Å². The Balaban J connectivity index is 1.25. The van der Waals surface area contributed by atoms with E-state index in [1.54, 1.807) is 24.3 Å². The maximum Gasteiger partial charge on any atom is 0.253 e. The Labute approximate surface area is 199 Å². The number of piperidine rings is 2. The normalized spacial score (nSPS) is 22.7. The predicted octanol–water partition coefficient (Wildman–Crippen LogP) is 4.77. The number of aromatic nitrogens is 1. The van der Waals surface area contributed by atoms with Crippen molar-refractivity contribution in [2.75, 3.05) is 31.5 Å². The van der Waals surface area contributed by atoms with E-state index < -0.39 is 0 Å². The van der Waals surface area contributed by atoms with Crippen molar-refractivity contribution in [3.63, 3.8) is 0 Å².